The van der Waals surface area contributed by atoms with E-state index in [-0.39, 0.29) is 0 Å². The molecule has 1 aliphatic heterocycles. The summed E-state index contributed by atoms with van der Waals surface area (Å²) in [5, 5.41) is 0. The Bertz CT molecular complexity index is 450. The van der Waals surface area contributed by atoms with E-state index in [0.29, 0.717) is 24.9 Å². The molecule has 1 fully saturated rings. The van der Waals surface area contributed by atoms with Crippen molar-refractivity contribution in [2.45, 2.75) is 31.6 Å². The van der Waals surface area contributed by atoms with E-state index in [1.807, 2.05) is 4.90 Å². The van der Waals surface area contributed by atoms with Gasteiger partial charge in [-0.2, -0.15) is 0 Å². The Morgan fingerprint density at radius 3 is 3.11 bits per heavy atom. The molecule has 0 unspecified atom stereocenters. The molecule has 1 heterocycles. The largest absolute Gasteiger partial charge is 0.380 e. The lowest BCUT2D eigenvalue weighted by Crippen LogP contribution is -2.33. The lowest BCUT2D eigenvalue weighted by molar-refractivity contribution is -0.131. The van der Waals surface area contributed by atoms with Gasteiger partial charge in [-0.3, -0.25) is 4.79 Å². The molecule has 3 rings (SSSR count). The lowest BCUT2D eigenvalue weighted by atomic mass is 9.97. The third-order valence-corrected chi connectivity index (χ3v) is 4.25. The van der Waals surface area contributed by atoms with Crippen molar-refractivity contribution in [1.82, 2.24) is 4.90 Å². The SMILES string of the molecule is O=C(C[C@@H]1CCc2ccccc21)N1CCCOCC1. The summed E-state index contributed by atoms with van der Waals surface area (Å²) >= 11 is 0. The quantitative estimate of drug-likeness (QED) is 0.816. The summed E-state index contributed by atoms with van der Waals surface area (Å²) in [6, 6.07) is 8.56. The van der Waals surface area contributed by atoms with Crippen LogP contribution in [0.5, 0.6) is 0 Å². The monoisotopic (exact) mass is 259 g/mol. The first-order chi connectivity index (χ1) is 9.34. The second kappa shape index (κ2) is 5.74. The van der Waals surface area contributed by atoms with Crippen molar-refractivity contribution >= 4 is 5.91 Å². The molecule has 1 aromatic rings. The number of hydrogen-bond donors (Lipinski definition) is 0. The van der Waals surface area contributed by atoms with E-state index in [9.17, 15) is 4.79 Å². The zero-order chi connectivity index (χ0) is 13.1. The average Bonchev–Trinajstić information content (AvgIpc) is 2.66. The fraction of sp³-hybridized carbons (Fsp3) is 0.562. The number of ether oxygens (including phenoxy) is 1. The molecule has 0 radical (unpaired) electrons. The summed E-state index contributed by atoms with van der Waals surface area (Å²) in [7, 11) is 0. The average molecular weight is 259 g/mol. The van der Waals surface area contributed by atoms with Crippen molar-refractivity contribution in [2.24, 2.45) is 0 Å². The third-order valence-electron chi connectivity index (χ3n) is 4.25. The minimum atomic E-state index is 0.298. The first kappa shape index (κ1) is 12.7. The molecule has 1 atom stereocenters. The van der Waals surface area contributed by atoms with Crippen LogP contribution in [-0.4, -0.2) is 37.1 Å². The summed E-state index contributed by atoms with van der Waals surface area (Å²) < 4.78 is 5.41. The Balaban J connectivity index is 1.64. The maximum absolute atomic E-state index is 12.4. The third kappa shape index (κ3) is 2.81. The van der Waals surface area contributed by atoms with E-state index in [4.69, 9.17) is 4.74 Å². The Kier molecular flexibility index (Phi) is 3.83. The normalized spacial score (nSPS) is 22.9. The molecule has 19 heavy (non-hydrogen) atoms. The standard InChI is InChI=1S/C16H21NO2/c18-16(17-8-3-10-19-11-9-17)12-14-7-6-13-4-1-2-5-15(13)14/h1-2,4-5,14H,3,6-12H2/t14-/m0/s1. The van der Waals surface area contributed by atoms with Gasteiger partial charge >= 0.3 is 0 Å². The summed E-state index contributed by atoms with van der Waals surface area (Å²) in [5.41, 5.74) is 2.82. The first-order valence-corrected chi connectivity index (χ1v) is 7.28. The minimum Gasteiger partial charge on any atom is -0.380 e. The highest BCUT2D eigenvalue weighted by atomic mass is 16.5. The van der Waals surface area contributed by atoms with Crippen LogP contribution in [0.25, 0.3) is 0 Å². The highest BCUT2D eigenvalue weighted by molar-refractivity contribution is 5.77. The number of rotatable bonds is 2. The topological polar surface area (TPSA) is 29.5 Å². The summed E-state index contributed by atoms with van der Waals surface area (Å²) in [6.45, 7) is 3.09. The number of fused-ring (bicyclic) bond motifs is 1. The van der Waals surface area contributed by atoms with E-state index in [1.54, 1.807) is 0 Å². The number of carbonyl (C=O) groups is 1. The van der Waals surface area contributed by atoms with Gasteiger partial charge in [0.25, 0.3) is 0 Å². The molecule has 1 amide bonds. The highest BCUT2D eigenvalue weighted by Crippen LogP contribution is 2.35. The van der Waals surface area contributed by atoms with Gasteiger partial charge in [-0.25, -0.2) is 0 Å². The molecule has 2 aliphatic rings. The minimum absolute atomic E-state index is 0.298. The van der Waals surface area contributed by atoms with Crippen molar-refractivity contribution in [3.63, 3.8) is 0 Å². The van der Waals surface area contributed by atoms with Crippen LogP contribution in [0.1, 0.15) is 36.3 Å². The first-order valence-electron chi connectivity index (χ1n) is 7.28. The van der Waals surface area contributed by atoms with E-state index in [2.05, 4.69) is 24.3 Å². The molecule has 0 N–H and O–H groups in total. The molecule has 0 saturated carbocycles. The Hall–Kier alpha value is -1.35. The summed E-state index contributed by atoms with van der Waals surface area (Å²) in [6.07, 6.45) is 3.87. The molecule has 0 spiro atoms. The lowest BCUT2D eigenvalue weighted by Gasteiger charge is -2.21. The van der Waals surface area contributed by atoms with Crippen LogP contribution in [0.3, 0.4) is 0 Å². The number of hydrogen-bond acceptors (Lipinski definition) is 2. The number of amides is 1. The van der Waals surface area contributed by atoms with Crippen LogP contribution in [0.15, 0.2) is 24.3 Å². The van der Waals surface area contributed by atoms with Gasteiger partial charge in [0.1, 0.15) is 0 Å². The Morgan fingerprint density at radius 2 is 2.16 bits per heavy atom. The maximum atomic E-state index is 12.4. The molecule has 0 aromatic heterocycles. The summed E-state index contributed by atoms with van der Waals surface area (Å²) in [5.74, 6) is 0.722. The van der Waals surface area contributed by atoms with Gasteiger partial charge in [0, 0.05) is 26.1 Å². The van der Waals surface area contributed by atoms with Gasteiger partial charge in [0.15, 0.2) is 0 Å². The fourth-order valence-electron chi connectivity index (χ4n) is 3.19. The van der Waals surface area contributed by atoms with E-state index >= 15 is 0 Å². The van der Waals surface area contributed by atoms with Gasteiger partial charge in [0.05, 0.1) is 6.61 Å². The number of nitrogens with zero attached hydrogens (tertiary/aromatic N) is 1. The van der Waals surface area contributed by atoms with Crippen LogP contribution in [-0.2, 0) is 16.0 Å². The number of aryl methyl sites for hydroxylation is 1. The zero-order valence-corrected chi connectivity index (χ0v) is 11.3. The Morgan fingerprint density at radius 1 is 1.26 bits per heavy atom. The van der Waals surface area contributed by atoms with Crippen LogP contribution in [0, 0.1) is 0 Å². The van der Waals surface area contributed by atoms with Crippen LogP contribution >= 0.6 is 0 Å². The molecule has 102 valence electrons. The second-order valence-corrected chi connectivity index (χ2v) is 5.49. The van der Waals surface area contributed by atoms with Gasteiger partial charge < -0.3 is 9.64 Å². The second-order valence-electron chi connectivity index (χ2n) is 5.49. The molecule has 0 bridgehead atoms. The van der Waals surface area contributed by atoms with Crippen molar-refractivity contribution in [3.8, 4) is 0 Å². The van der Waals surface area contributed by atoms with Gasteiger partial charge in [-0.15, -0.1) is 0 Å². The van der Waals surface area contributed by atoms with Crippen LogP contribution in [0.4, 0.5) is 0 Å². The Labute approximate surface area is 114 Å². The van der Waals surface area contributed by atoms with Gasteiger partial charge in [0.2, 0.25) is 5.91 Å². The fourth-order valence-corrected chi connectivity index (χ4v) is 3.19. The van der Waals surface area contributed by atoms with Crippen molar-refractivity contribution < 1.29 is 9.53 Å². The van der Waals surface area contributed by atoms with Crippen LogP contribution < -0.4 is 0 Å². The number of carbonyl (C=O) groups excluding carboxylic acids is 1. The predicted octanol–water partition coefficient (Wildman–Crippen LogP) is 2.36. The zero-order valence-electron chi connectivity index (χ0n) is 11.3. The van der Waals surface area contributed by atoms with Gasteiger partial charge in [-0.1, -0.05) is 24.3 Å². The molecule has 3 heteroatoms. The maximum Gasteiger partial charge on any atom is 0.223 e. The van der Waals surface area contributed by atoms with Crippen molar-refractivity contribution in [1.29, 1.82) is 0 Å². The smallest absolute Gasteiger partial charge is 0.223 e. The molecule has 3 nitrogen and oxygen atoms in total. The molecular weight excluding hydrogens is 238 g/mol. The van der Waals surface area contributed by atoms with Crippen molar-refractivity contribution in [3.05, 3.63) is 35.4 Å². The summed E-state index contributed by atoms with van der Waals surface area (Å²) in [4.78, 5) is 14.4. The highest BCUT2D eigenvalue weighted by Gasteiger charge is 2.26. The molecule has 1 aromatic carbocycles. The van der Waals surface area contributed by atoms with Gasteiger partial charge in [-0.05, 0) is 36.3 Å². The number of benzene rings is 1. The van der Waals surface area contributed by atoms with E-state index in [0.717, 1.165) is 39.0 Å². The van der Waals surface area contributed by atoms with E-state index < -0.39 is 0 Å². The van der Waals surface area contributed by atoms with Crippen molar-refractivity contribution in [2.75, 3.05) is 26.3 Å². The molecule has 1 aliphatic carbocycles. The van der Waals surface area contributed by atoms with E-state index in [1.165, 1.54) is 11.1 Å². The van der Waals surface area contributed by atoms with Crippen LogP contribution in [0.2, 0.25) is 0 Å². The molecular formula is C16H21NO2. The predicted molar refractivity (Wildman–Crippen MR) is 74.1 cm³/mol. The molecule has 1 saturated heterocycles.